The van der Waals surface area contributed by atoms with E-state index in [9.17, 15) is 5.11 Å². The summed E-state index contributed by atoms with van der Waals surface area (Å²) in [4.78, 5) is 0. The van der Waals surface area contributed by atoms with Crippen molar-refractivity contribution in [2.45, 2.75) is 43.8 Å². The highest BCUT2D eigenvalue weighted by Crippen LogP contribution is 2.58. The van der Waals surface area contributed by atoms with E-state index >= 15 is 0 Å². The van der Waals surface area contributed by atoms with Crippen molar-refractivity contribution in [2.75, 3.05) is 14.2 Å². The summed E-state index contributed by atoms with van der Waals surface area (Å²) in [6.07, 6.45) is 1.96. The van der Waals surface area contributed by atoms with Crippen LogP contribution in [-0.4, -0.2) is 37.2 Å². The first kappa shape index (κ1) is 19.6. The second-order valence-corrected chi connectivity index (χ2v) is 8.51. The Hall–Kier alpha value is -3.35. The van der Waals surface area contributed by atoms with Crippen molar-refractivity contribution in [2.24, 2.45) is 10.9 Å². The molecule has 1 saturated carbocycles. The number of hydrogen-bond acceptors (Lipinski definition) is 7. The number of hydrazone groups is 1. The van der Waals surface area contributed by atoms with E-state index in [0.29, 0.717) is 34.9 Å². The first-order chi connectivity index (χ1) is 14.9. The number of phenols is 1. The number of hydrogen-bond donors (Lipinski definition) is 2. The van der Waals surface area contributed by atoms with Crippen LogP contribution in [0.3, 0.4) is 0 Å². The fourth-order valence-electron chi connectivity index (χ4n) is 5.08. The van der Waals surface area contributed by atoms with E-state index in [-0.39, 0.29) is 18.0 Å². The van der Waals surface area contributed by atoms with Crippen LogP contribution in [0.25, 0.3) is 0 Å². The lowest BCUT2D eigenvalue weighted by Gasteiger charge is -2.53. The lowest BCUT2D eigenvalue weighted by molar-refractivity contribution is 0.0412. The number of fused-ring (bicyclic) bond motifs is 1. The van der Waals surface area contributed by atoms with Crippen LogP contribution in [0.1, 0.15) is 36.5 Å². The van der Waals surface area contributed by atoms with Crippen LogP contribution in [0.2, 0.25) is 0 Å². The number of methoxy groups -OCH3 is 2. The van der Waals surface area contributed by atoms with Crippen LogP contribution in [0.5, 0.6) is 28.7 Å². The summed E-state index contributed by atoms with van der Waals surface area (Å²) in [5.74, 6) is 8.74. The molecule has 2 aromatic carbocycles. The molecule has 0 radical (unpaired) electrons. The Morgan fingerprint density at radius 2 is 1.87 bits per heavy atom. The summed E-state index contributed by atoms with van der Waals surface area (Å²) in [7, 11) is 3.20. The molecule has 7 heteroatoms. The molecule has 0 saturated heterocycles. The fraction of sp³-hybridized carbons (Fsp3) is 0.375. The van der Waals surface area contributed by atoms with Crippen molar-refractivity contribution in [3.05, 3.63) is 53.1 Å². The predicted molar refractivity (Wildman–Crippen MR) is 117 cm³/mol. The second kappa shape index (κ2) is 6.83. The Balaban J connectivity index is 1.61. The van der Waals surface area contributed by atoms with Gasteiger partial charge in [0.15, 0.2) is 11.5 Å². The van der Waals surface area contributed by atoms with E-state index in [1.807, 2.05) is 31.2 Å². The monoisotopic (exact) mass is 422 g/mol. The lowest BCUT2D eigenvalue weighted by atomic mass is 9.57. The van der Waals surface area contributed by atoms with E-state index in [4.69, 9.17) is 24.8 Å². The largest absolute Gasteiger partial charge is 0.507 e. The van der Waals surface area contributed by atoms with Gasteiger partial charge in [0, 0.05) is 29.2 Å². The summed E-state index contributed by atoms with van der Waals surface area (Å²) in [6, 6.07) is 7.48. The number of aromatic hydroxyl groups is 1. The third-order valence-electron chi connectivity index (χ3n) is 6.73. The number of nitrogens with two attached hydrogens (primary N) is 1. The van der Waals surface area contributed by atoms with Gasteiger partial charge < -0.3 is 29.9 Å². The summed E-state index contributed by atoms with van der Waals surface area (Å²) in [5, 5.41) is 15.4. The molecule has 0 unspecified atom stereocenters. The van der Waals surface area contributed by atoms with Gasteiger partial charge in [0.1, 0.15) is 29.5 Å². The molecular weight excluding hydrogens is 396 g/mol. The average Bonchev–Trinajstić information content (AvgIpc) is 3.19. The number of rotatable bonds is 5. The SMILES string of the molecule is C=C(C)[C@H]1Cc2c(ccc(/C(=N/N)C34CC(C3)Oc3cc(OC)c(OC)cc34)c2O)O1. The van der Waals surface area contributed by atoms with Crippen LogP contribution in [0, 0.1) is 0 Å². The maximum atomic E-state index is 11.2. The Morgan fingerprint density at radius 3 is 2.52 bits per heavy atom. The van der Waals surface area contributed by atoms with Crippen molar-refractivity contribution in [3.63, 3.8) is 0 Å². The van der Waals surface area contributed by atoms with Crippen molar-refractivity contribution in [1.29, 1.82) is 0 Å². The zero-order valence-corrected chi connectivity index (χ0v) is 17.9. The number of phenolic OH excluding ortho intramolecular Hbond substituents is 1. The molecule has 0 amide bonds. The molecule has 3 N–H and O–H groups in total. The van der Waals surface area contributed by atoms with E-state index in [0.717, 1.165) is 35.3 Å². The Morgan fingerprint density at radius 1 is 1.16 bits per heavy atom. The molecule has 2 bridgehead atoms. The molecule has 0 spiro atoms. The van der Waals surface area contributed by atoms with Crippen molar-refractivity contribution >= 4 is 5.71 Å². The molecule has 3 aliphatic heterocycles. The van der Waals surface area contributed by atoms with Gasteiger partial charge in [0.25, 0.3) is 0 Å². The smallest absolute Gasteiger partial charge is 0.164 e. The minimum absolute atomic E-state index is 0.0649. The summed E-state index contributed by atoms with van der Waals surface area (Å²) in [6.45, 7) is 5.91. The minimum atomic E-state index is -0.467. The third-order valence-corrected chi connectivity index (χ3v) is 6.73. The van der Waals surface area contributed by atoms with Crippen LogP contribution >= 0.6 is 0 Å². The first-order valence-electron chi connectivity index (χ1n) is 10.3. The van der Waals surface area contributed by atoms with Gasteiger partial charge >= 0.3 is 0 Å². The van der Waals surface area contributed by atoms with Gasteiger partial charge in [0.2, 0.25) is 0 Å². The van der Waals surface area contributed by atoms with Gasteiger partial charge in [0.05, 0.1) is 25.3 Å². The quantitative estimate of drug-likeness (QED) is 0.332. The Bertz CT molecular complexity index is 1120. The lowest BCUT2D eigenvalue weighted by Crippen LogP contribution is -2.56. The van der Waals surface area contributed by atoms with Gasteiger partial charge in [-0.2, -0.15) is 5.10 Å². The van der Waals surface area contributed by atoms with Gasteiger partial charge in [-0.25, -0.2) is 0 Å². The maximum Gasteiger partial charge on any atom is 0.164 e. The van der Waals surface area contributed by atoms with Crippen molar-refractivity contribution in [1.82, 2.24) is 0 Å². The molecule has 6 rings (SSSR count). The molecule has 4 aliphatic rings. The van der Waals surface area contributed by atoms with E-state index in [2.05, 4.69) is 11.7 Å². The molecule has 1 fully saturated rings. The van der Waals surface area contributed by atoms with E-state index < -0.39 is 5.41 Å². The highest BCUT2D eigenvalue weighted by molar-refractivity contribution is 6.11. The van der Waals surface area contributed by atoms with Gasteiger partial charge in [-0.05, 0) is 43.5 Å². The van der Waals surface area contributed by atoms with Crippen LogP contribution in [0.4, 0.5) is 0 Å². The number of ether oxygens (including phenoxy) is 4. The topological polar surface area (TPSA) is 95.5 Å². The molecule has 1 aliphatic carbocycles. The predicted octanol–water partition coefficient (Wildman–Crippen LogP) is 3.44. The molecule has 7 nitrogen and oxygen atoms in total. The highest BCUT2D eigenvalue weighted by Gasteiger charge is 2.57. The van der Waals surface area contributed by atoms with Gasteiger partial charge in [-0.15, -0.1) is 0 Å². The zero-order chi connectivity index (χ0) is 21.9. The van der Waals surface area contributed by atoms with Crippen LogP contribution < -0.4 is 24.8 Å². The molecule has 2 aromatic rings. The molecule has 162 valence electrons. The van der Waals surface area contributed by atoms with Crippen molar-refractivity contribution in [3.8, 4) is 28.7 Å². The van der Waals surface area contributed by atoms with E-state index in [1.165, 1.54) is 0 Å². The first-order valence-corrected chi connectivity index (χ1v) is 10.3. The molecule has 31 heavy (non-hydrogen) atoms. The summed E-state index contributed by atoms with van der Waals surface area (Å²) >= 11 is 0. The zero-order valence-electron chi connectivity index (χ0n) is 17.9. The average molecular weight is 422 g/mol. The maximum absolute atomic E-state index is 11.2. The standard InChI is InChI=1S/C24H26N2O5/c1-12(2)18-7-15-17(31-18)6-5-14(22(15)27)23(26-25)24-10-13(11-24)30-19-9-21(29-4)20(28-3)8-16(19)24/h5-6,8-9,13,18,27H,1,7,10-11,25H2,2-4H3/b26-23-/t13?,18-,24?/m1/s1. The summed E-state index contributed by atoms with van der Waals surface area (Å²) in [5.41, 5.74) is 3.41. The molecular formula is C24H26N2O5. The van der Waals surface area contributed by atoms with E-state index in [1.54, 1.807) is 14.2 Å². The highest BCUT2D eigenvalue weighted by atomic mass is 16.5. The summed E-state index contributed by atoms with van der Waals surface area (Å²) < 4.78 is 23.0. The Kier molecular flexibility index (Phi) is 4.32. The fourth-order valence-corrected chi connectivity index (χ4v) is 5.08. The van der Waals surface area contributed by atoms with Gasteiger partial charge in [-0.1, -0.05) is 6.58 Å². The van der Waals surface area contributed by atoms with Crippen molar-refractivity contribution < 1.29 is 24.1 Å². The normalized spacial score (nSPS) is 25.5. The minimum Gasteiger partial charge on any atom is -0.507 e. The van der Waals surface area contributed by atoms with Crippen LogP contribution in [-0.2, 0) is 11.8 Å². The third kappa shape index (κ3) is 2.69. The molecule has 3 heterocycles. The number of benzene rings is 2. The molecule has 1 atom stereocenters. The van der Waals surface area contributed by atoms with Gasteiger partial charge in [-0.3, -0.25) is 0 Å². The number of nitrogens with zero attached hydrogens (tertiary/aromatic N) is 1. The molecule has 0 aromatic heterocycles. The van der Waals surface area contributed by atoms with Crippen LogP contribution in [0.15, 0.2) is 41.5 Å². The Labute approximate surface area is 181 Å². The second-order valence-electron chi connectivity index (χ2n) is 8.51.